The number of alkyl carbamates (subject to hydrolysis) is 1. The van der Waals surface area contributed by atoms with Gasteiger partial charge in [0.25, 0.3) is 5.69 Å². The summed E-state index contributed by atoms with van der Waals surface area (Å²) in [6, 6.07) is 25.6. The number of urea groups is 1. The number of fused-ring (bicyclic) bond motifs is 3. The van der Waals surface area contributed by atoms with Gasteiger partial charge in [0.1, 0.15) is 25.0 Å². The van der Waals surface area contributed by atoms with Crippen LogP contribution in [0.5, 0.6) is 5.75 Å². The van der Waals surface area contributed by atoms with Crippen molar-refractivity contribution in [3.05, 3.63) is 124 Å². The molecule has 1 aliphatic carbocycles. The van der Waals surface area contributed by atoms with Crippen LogP contribution in [0.3, 0.4) is 0 Å². The van der Waals surface area contributed by atoms with Crippen LogP contribution in [-0.2, 0) is 20.9 Å². The molecule has 1 aliphatic rings. The molecule has 0 heterocycles. The molecule has 49 heavy (non-hydrogen) atoms. The normalized spacial score (nSPS) is 12.1. The number of nitrogens with zero attached hydrogens (tertiary/aromatic N) is 1. The van der Waals surface area contributed by atoms with E-state index in [9.17, 15) is 29.3 Å². The summed E-state index contributed by atoms with van der Waals surface area (Å²) in [4.78, 5) is 59.6. The van der Waals surface area contributed by atoms with Crippen LogP contribution >= 0.6 is 0 Å². The number of carbonyl (C=O) groups is 4. The molecule has 4 amide bonds. The molecule has 0 saturated heterocycles. The highest BCUT2D eigenvalue weighted by Gasteiger charge is 2.30. The van der Waals surface area contributed by atoms with Crippen molar-refractivity contribution in [1.82, 2.24) is 10.6 Å². The predicted molar refractivity (Wildman–Crippen MR) is 178 cm³/mol. The third-order valence-corrected chi connectivity index (χ3v) is 7.75. The lowest BCUT2D eigenvalue weighted by atomic mass is 9.98. The summed E-state index contributed by atoms with van der Waals surface area (Å²) in [6.07, 6.45) is -1.24. The van der Waals surface area contributed by atoms with Gasteiger partial charge in [-0.2, -0.15) is 0 Å². The number of primary amides is 1. The third kappa shape index (κ3) is 9.10. The van der Waals surface area contributed by atoms with E-state index in [1.165, 1.54) is 24.3 Å². The van der Waals surface area contributed by atoms with Crippen LogP contribution < -0.4 is 26.4 Å². The Balaban J connectivity index is 1.14. The van der Waals surface area contributed by atoms with Gasteiger partial charge in [-0.25, -0.2) is 14.4 Å². The van der Waals surface area contributed by atoms with Crippen molar-refractivity contribution >= 4 is 35.6 Å². The second-order valence-corrected chi connectivity index (χ2v) is 11.0. The maximum Gasteiger partial charge on any atom is 0.514 e. The van der Waals surface area contributed by atoms with Gasteiger partial charge in [0, 0.05) is 30.3 Å². The Morgan fingerprint density at radius 3 is 2.08 bits per heavy atom. The van der Waals surface area contributed by atoms with E-state index in [1.807, 2.05) is 48.5 Å². The van der Waals surface area contributed by atoms with Crippen molar-refractivity contribution in [2.75, 3.05) is 18.5 Å². The van der Waals surface area contributed by atoms with Crippen LogP contribution in [-0.4, -0.2) is 48.3 Å². The molecular formula is C35H33N5O9. The summed E-state index contributed by atoms with van der Waals surface area (Å²) in [7, 11) is 0. The molecule has 1 atom stereocenters. The topological polar surface area (TPSA) is 201 Å². The number of non-ortho nitro benzene ring substituents is 1. The summed E-state index contributed by atoms with van der Waals surface area (Å²) in [6.45, 7) is 0.133. The first-order valence-electron chi connectivity index (χ1n) is 15.3. The van der Waals surface area contributed by atoms with E-state index in [-0.39, 0.29) is 43.5 Å². The number of nitrogens with one attached hydrogen (secondary N) is 3. The quantitative estimate of drug-likeness (QED) is 0.0460. The van der Waals surface area contributed by atoms with Gasteiger partial charge < -0.3 is 35.9 Å². The summed E-state index contributed by atoms with van der Waals surface area (Å²) in [5.74, 6) is -0.583. The molecule has 0 bridgehead atoms. The Bertz CT molecular complexity index is 1780. The van der Waals surface area contributed by atoms with Crippen LogP contribution in [0.25, 0.3) is 11.1 Å². The molecule has 14 heteroatoms. The second kappa shape index (κ2) is 15.9. The molecule has 0 aliphatic heterocycles. The molecule has 0 spiro atoms. The lowest BCUT2D eigenvalue weighted by Gasteiger charge is -2.20. The summed E-state index contributed by atoms with van der Waals surface area (Å²) in [5, 5.41) is 18.6. The molecule has 4 aromatic rings. The molecule has 0 saturated carbocycles. The van der Waals surface area contributed by atoms with Crippen LogP contribution in [0.2, 0.25) is 0 Å². The van der Waals surface area contributed by atoms with Crippen molar-refractivity contribution < 1.29 is 38.3 Å². The number of carbonyl (C=O) groups excluding carboxylic acids is 4. The smallest absolute Gasteiger partial charge is 0.449 e. The van der Waals surface area contributed by atoms with E-state index in [1.54, 1.807) is 24.3 Å². The van der Waals surface area contributed by atoms with E-state index in [2.05, 4.69) is 16.0 Å². The van der Waals surface area contributed by atoms with Crippen molar-refractivity contribution in [2.24, 2.45) is 5.73 Å². The van der Waals surface area contributed by atoms with E-state index in [0.29, 0.717) is 17.7 Å². The number of hydrogen-bond acceptors (Lipinski definition) is 9. The first kappa shape index (κ1) is 33.9. The zero-order valence-corrected chi connectivity index (χ0v) is 26.1. The minimum Gasteiger partial charge on any atom is -0.449 e. The van der Waals surface area contributed by atoms with Gasteiger partial charge in [-0.05, 0) is 64.9 Å². The molecule has 0 aromatic heterocycles. The first-order valence-corrected chi connectivity index (χ1v) is 15.3. The zero-order valence-electron chi connectivity index (χ0n) is 26.1. The Kier molecular flexibility index (Phi) is 11.0. The van der Waals surface area contributed by atoms with Gasteiger partial charge in [0.2, 0.25) is 5.91 Å². The summed E-state index contributed by atoms with van der Waals surface area (Å²) >= 11 is 0. The van der Waals surface area contributed by atoms with Crippen LogP contribution in [0.4, 0.5) is 25.8 Å². The van der Waals surface area contributed by atoms with Gasteiger partial charge in [0.05, 0.1) is 4.92 Å². The number of anilines is 1. The standard InChI is InChI=1S/C35H33N5O9/c36-33(42)37-19-5-10-31(39-34(43)47-21-30-28-8-3-1-6-26(28)27-7-2-4-9-29(27)30)32(41)38-23-13-11-22(12-14-23)20-48-35(44)49-25-17-15-24(16-18-25)40(45)46/h1-4,6-9,11-18,30-31H,5,10,19-21H2,(H,38,41)(H,39,43)(H3,36,37,42)/t31-/m1/s1. The number of nitro groups is 1. The Labute approximate surface area is 280 Å². The molecule has 0 fully saturated rings. The Morgan fingerprint density at radius 2 is 1.47 bits per heavy atom. The number of amides is 4. The molecule has 5 N–H and O–H groups in total. The number of benzene rings is 4. The van der Waals surface area contributed by atoms with Gasteiger partial charge in [0.15, 0.2) is 0 Å². The van der Waals surface area contributed by atoms with E-state index in [4.69, 9.17) is 19.9 Å². The first-order chi connectivity index (χ1) is 23.7. The van der Waals surface area contributed by atoms with E-state index >= 15 is 0 Å². The zero-order chi connectivity index (χ0) is 34.8. The van der Waals surface area contributed by atoms with Gasteiger partial charge >= 0.3 is 18.3 Å². The number of nitrogens with two attached hydrogens (primary N) is 1. The fourth-order valence-corrected chi connectivity index (χ4v) is 5.39. The Hall–Kier alpha value is -6.44. The SMILES string of the molecule is NC(=O)NCCC[C@@H](NC(=O)OCC1c2ccccc2-c2ccccc21)C(=O)Nc1ccc(COC(=O)Oc2ccc([N+](=O)[O-])cc2)cc1. The lowest BCUT2D eigenvalue weighted by Crippen LogP contribution is -2.44. The maximum absolute atomic E-state index is 13.3. The van der Waals surface area contributed by atoms with Crippen molar-refractivity contribution in [3.63, 3.8) is 0 Å². The average molecular weight is 668 g/mol. The molecule has 252 valence electrons. The van der Waals surface area contributed by atoms with Crippen LogP contribution in [0, 0.1) is 10.1 Å². The fourth-order valence-electron chi connectivity index (χ4n) is 5.39. The summed E-state index contributed by atoms with van der Waals surface area (Å²) < 4.78 is 15.8. The summed E-state index contributed by atoms with van der Waals surface area (Å²) in [5.41, 5.74) is 10.3. The largest absolute Gasteiger partial charge is 0.514 e. The molecule has 0 radical (unpaired) electrons. The highest BCUT2D eigenvalue weighted by atomic mass is 16.7. The van der Waals surface area contributed by atoms with Gasteiger partial charge in [-0.15, -0.1) is 0 Å². The van der Waals surface area contributed by atoms with Crippen molar-refractivity contribution in [3.8, 4) is 16.9 Å². The number of rotatable bonds is 13. The minimum absolute atomic E-state index is 0.0718. The minimum atomic E-state index is -1.00. The van der Waals surface area contributed by atoms with Crippen molar-refractivity contribution in [1.29, 1.82) is 0 Å². The monoisotopic (exact) mass is 667 g/mol. The van der Waals surface area contributed by atoms with Crippen LogP contribution in [0.15, 0.2) is 97.1 Å². The molecule has 4 aromatic carbocycles. The lowest BCUT2D eigenvalue weighted by molar-refractivity contribution is -0.384. The number of ether oxygens (including phenoxy) is 3. The Morgan fingerprint density at radius 1 is 0.837 bits per heavy atom. The van der Waals surface area contributed by atoms with E-state index in [0.717, 1.165) is 22.3 Å². The fraction of sp³-hybridized carbons (Fsp3) is 0.200. The second-order valence-electron chi connectivity index (χ2n) is 11.0. The third-order valence-electron chi connectivity index (χ3n) is 7.75. The van der Waals surface area contributed by atoms with Crippen LogP contribution in [0.1, 0.15) is 35.4 Å². The van der Waals surface area contributed by atoms with Crippen molar-refractivity contribution in [2.45, 2.75) is 31.4 Å². The molecule has 5 rings (SSSR count). The number of hydrogen-bond donors (Lipinski definition) is 4. The predicted octanol–water partition coefficient (Wildman–Crippen LogP) is 5.60. The highest BCUT2D eigenvalue weighted by molar-refractivity contribution is 5.96. The highest BCUT2D eigenvalue weighted by Crippen LogP contribution is 2.44. The molecular weight excluding hydrogens is 634 g/mol. The number of nitro benzene ring substituents is 1. The average Bonchev–Trinajstić information content (AvgIpc) is 3.42. The molecule has 0 unspecified atom stereocenters. The maximum atomic E-state index is 13.3. The van der Waals surface area contributed by atoms with Gasteiger partial charge in [-0.3, -0.25) is 14.9 Å². The molecule has 14 nitrogen and oxygen atoms in total. The van der Waals surface area contributed by atoms with Gasteiger partial charge in [-0.1, -0.05) is 60.7 Å². The van der Waals surface area contributed by atoms with E-state index < -0.39 is 35.2 Å².